The molecule has 0 fully saturated rings. The maximum Gasteiger partial charge on any atom is 0.427 e. The number of rotatable bonds is 5. The Kier molecular flexibility index (Phi) is 6.30. The van der Waals surface area contributed by atoms with Gasteiger partial charge >= 0.3 is 12.1 Å². The number of carbonyl (C=O) groups excluding carboxylic acids is 2. The lowest BCUT2D eigenvalue weighted by atomic mass is 10.1. The zero-order valence-corrected chi connectivity index (χ0v) is 12.8. The van der Waals surface area contributed by atoms with Gasteiger partial charge in [-0.15, -0.1) is 0 Å². The Hall–Kier alpha value is -2.64. The summed E-state index contributed by atoms with van der Waals surface area (Å²) in [6, 6.07) is 4.81. The predicted molar refractivity (Wildman–Crippen MR) is 79.3 cm³/mol. The molecule has 7 nitrogen and oxygen atoms in total. The molecule has 0 bridgehead atoms. The van der Waals surface area contributed by atoms with Crippen molar-refractivity contribution in [1.29, 1.82) is 0 Å². The molecule has 0 aromatic heterocycles. The van der Waals surface area contributed by atoms with E-state index in [1.54, 1.807) is 13.1 Å². The van der Waals surface area contributed by atoms with Gasteiger partial charge in [0.1, 0.15) is 5.82 Å². The van der Waals surface area contributed by atoms with E-state index in [0.29, 0.717) is 5.69 Å². The van der Waals surface area contributed by atoms with Crippen molar-refractivity contribution in [2.24, 2.45) is 5.10 Å². The SMILES string of the molecule is COC(=O)N/N=C(\C)C(C(=O)OC)N(C)c1cccc(F)c1. The molecular weight excluding hydrogens is 293 g/mol. The summed E-state index contributed by atoms with van der Waals surface area (Å²) < 4.78 is 22.5. The molecule has 1 unspecified atom stereocenters. The molecule has 0 saturated heterocycles. The van der Waals surface area contributed by atoms with E-state index in [-0.39, 0.29) is 5.71 Å². The van der Waals surface area contributed by atoms with Gasteiger partial charge < -0.3 is 14.4 Å². The summed E-state index contributed by atoms with van der Waals surface area (Å²) in [5.41, 5.74) is 2.84. The summed E-state index contributed by atoms with van der Waals surface area (Å²) in [7, 11) is 4.01. The monoisotopic (exact) mass is 311 g/mol. The first-order valence-corrected chi connectivity index (χ1v) is 6.35. The topological polar surface area (TPSA) is 80.2 Å². The highest BCUT2D eigenvalue weighted by atomic mass is 19.1. The van der Waals surface area contributed by atoms with Crippen molar-refractivity contribution in [3.63, 3.8) is 0 Å². The number of benzene rings is 1. The second-order valence-corrected chi connectivity index (χ2v) is 4.37. The molecular formula is C14H18FN3O4. The van der Waals surface area contributed by atoms with Gasteiger partial charge in [-0.2, -0.15) is 5.10 Å². The first-order chi connectivity index (χ1) is 10.4. The minimum Gasteiger partial charge on any atom is -0.467 e. The van der Waals surface area contributed by atoms with Crippen LogP contribution in [0, 0.1) is 5.82 Å². The number of hydrazone groups is 1. The van der Waals surface area contributed by atoms with Gasteiger partial charge in [-0.05, 0) is 25.1 Å². The number of nitrogens with one attached hydrogen (secondary N) is 1. The fourth-order valence-corrected chi connectivity index (χ4v) is 1.81. The number of hydrogen-bond acceptors (Lipinski definition) is 6. The maximum atomic E-state index is 13.3. The number of anilines is 1. The van der Waals surface area contributed by atoms with Crippen molar-refractivity contribution in [2.75, 3.05) is 26.2 Å². The van der Waals surface area contributed by atoms with Crippen molar-refractivity contribution in [2.45, 2.75) is 13.0 Å². The molecule has 1 aromatic carbocycles. The van der Waals surface area contributed by atoms with Gasteiger partial charge in [0.05, 0.1) is 19.9 Å². The molecule has 1 atom stereocenters. The Morgan fingerprint density at radius 2 is 2.00 bits per heavy atom. The number of methoxy groups -OCH3 is 2. The molecule has 1 N–H and O–H groups in total. The summed E-state index contributed by atoms with van der Waals surface area (Å²) in [6.45, 7) is 1.54. The molecule has 1 rings (SSSR count). The lowest BCUT2D eigenvalue weighted by Crippen LogP contribution is -2.45. The molecule has 0 aliphatic carbocycles. The highest BCUT2D eigenvalue weighted by Crippen LogP contribution is 2.18. The highest BCUT2D eigenvalue weighted by molar-refractivity contribution is 6.07. The third-order valence-corrected chi connectivity index (χ3v) is 2.93. The van der Waals surface area contributed by atoms with Gasteiger partial charge in [0, 0.05) is 12.7 Å². The van der Waals surface area contributed by atoms with Crippen LogP contribution < -0.4 is 10.3 Å². The van der Waals surface area contributed by atoms with Crippen LogP contribution in [0.4, 0.5) is 14.9 Å². The van der Waals surface area contributed by atoms with E-state index in [0.717, 1.165) is 0 Å². The Labute approximate surface area is 127 Å². The molecule has 1 amide bonds. The van der Waals surface area contributed by atoms with Crippen LogP contribution in [-0.2, 0) is 14.3 Å². The van der Waals surface area contributed by atoms with Crippen LogP contribution >= 0.6 is 0 Å². The average molecular weight is 311 g/mol. The van der Waals surface area contributed by atoms with Crippen LogP contribution in [0.1, 0.15) is 6.92 Å². The third-order valence-electron chi connectivity index (χ3n) is 2.93. The number of esters is 1. The van der Waals surface area contributed by atoms with Gasteiger partial charge in [0.2, 0.25) is 0 Å². The van der Waals surface area contributed by atoms with E-state index in [9.17, 15) is 14.0 Å². The second-order valence-electron chi connectivity index (χ2n) is 4.37. The first-order valence-electron chi connectivity index (χ1n) is 6.35. The quantitative estimate of drug-likeness (QED) is 0.507. The fraction of sp³-hybridized carbons (Fsp3) is 0.357. The largest absolute Gasteiger partial charge is 0.467 e. The minimum absolute atomic E-state index is 0.254. The number of hydrogen-bond donors (Lipinski definition) is 1. The average Bonchev–Trinajstić information content (AvgIpc) is 2.52. The highest BCUT2D eigenvalue weighted by Gasteiger charge is 2.28. The standard InChI is InChI=1S/C14H18FN3O4/c1-9(16-17-14(20)22-4)12(13(19)21-3)18(2)11-7-5-6-10(15)8-11/h5-8,12H,1-4H3,(H,17,20)/b16-9+. The van der Waals surface area contributed by atoms with Crippen molar-refractivity contribution < 1.29 is 23.5 Å². The summed E-state index contributed by atoms with van der Waals surface area (Å²) in [5, 5.41) is 3.79. The Morgan fingerprint density at radius 3 is 2.55 bits per heavy atom. The molecule has 0 heterocycles. The van der Waals surface area contributed by atoms with E-state index in [2.05, 4.69) is 15.3 Å². The van der Waals surface area contributed by atoms with E-state index >= 15 is 0 Å². The second kappa shape index (κ2) is 7.96. The molecule has 1 aromatic rings. The molecule has 22 heavy (non-hydrogen) atoms. The van der Waals surface area contributed by atoms with Gasteiger partial charge in [-0.25, -0.2) is 19.4 Å². The number of carbonyl (C=O) groups is 2. The lowest BCUT2D eigenvalue weighted by molar-refractivity contribution is -0.140. The molecule has 0 aliphatic rings. The van der Waals surface area contributed by atoms with Gasteiger partial charge in [0.25, 0.3) is 0 Å². The summed E-state index contributed by atoms with van der Waals surface area (Å²) in [6.07, 6.45) is -0.767. The van der Waals surface area contributed by atoms with Crippen LogP contribution in [0.25, 0.3) is 0 Å². The van der Waals surface area contributed by atoms with Crippen LogP contribution in [0.2, 0.25) is 0 Å². The van der Waals surface area contributed by atoms with Crippen molar-refractivity contribution in [1.82, 2.24) is 5.43 Å². The first kappa shape index (κ1) is 17.4. The Bertz CT molecular complexity index is 577. The number of halogens is 1. The van der Waals surface area contributed by atoms with Gasteiger partial charge in [0.15, 0.2) is 6.04 Å². The minimum atomic E-state index is -0.927. The molecule has 8 heteroatoms. The van der Waals surface area contributed by atoms with Gasteiger partial charge in [-0.1, -0.05) is 6.07 Å². The van der Waals surface area contributed by atoms with Crippen molar-refractivity contribution in [3.8, 4) is 0 Å². The molecule has 0 aliphatic heterocycles. The zero-order chi connectivity index (χ0) is 16.7. The zero-order valence-electron chi connectivity index (χ0n) is 12.8. The number of ether oxygens (including phenoxy) is 2. The third kappa shape index (κ3) is 4.44. The molecule has 0 saturated carbocycles. The van der Waals surface area contributed by atoms with E-state index < -0.39 is 23.9 Å². The van der Waals surface area contributed by atoms with E-state index in [4.69, 9.17) is 4.74 Å². The van der Waals surface area contributed by atoms with E-state index in [1.807, 2.05) is 0 Å². The van der Waals surface area contributed by atoms with Crippen molar-refractivity contribution >= 4 is 23.5 Å². The number of likely N-dealkylation sites (N-methyl/N-ethyl adjacent to an activating group) is 1. The Balaban J connectivity index is 3.07. The van der Waals surface area contributed by atoms with Crippen molar-refractivity contribution in [3.05, 3.63) is 30.1 Å². The lowest BCUT2D eigenvalue weighted by Gasteiger charge is -2.27. The van der Waals surface area contributed by atoms with Crippen LogP contribution in [-0.4, -0.2) is 45.1 Å². The van der Waals surface area contributed by atoms with E-state index in [1.165, 1.54) is 44.2 Å². The maximum absolute atomic E-state index is 13.3. The summed E-state index contributed by atoms with van der Waals surface area (Å²) >= 11 is 0. The van der Waals surface area contributed by atoms with Crippen LogP contribution in [0.3, 0.4) is 0 Å². The van der Waals surface area contributed by atoms with Crippen LogP contribution in [0.5, 0.6) is 0 Å². The summed E-state index contributed by atoms with van der Waals surface area (Å²) in [4.78, 5) is 24.5. The fourth-order valence-electron chi connectivity index (χ4n) is 1.81. The molecule has 0 spiro atoms. The van der Waals surface area contributed by atoms with Gasteiger partial charge in [-0.3, -0.25) is 0 Å². The molecule has 0 radical (unpaired) electrons. The predicted octanol–water partition coefficient (Wildman–Crippen LogP) is 1.54. The smallest absolute Gasteiger partial charge is 0.427 e. The number of nitrogens with zero attached hydrogens (tertiary/aromatic N) is 2. The number of amides is 1. The van der Waals surface area contributed by atoms with Crippen LogP contribution in [0.15, 0.2) is 29.4 Å². The summed E-state index contributed by atoms with van der Waals surface area (Å²) in [5.74, 6) is -1.03. The normalized spacial score (nSPS) is 12.3. The molecule has 120 valence electrons. The Morgan fingerprint density at radius 1 is 1.32 bits per heavy atom.